The zero-order valence-corrected chi connectivity index (χ0v) is 11.7. The van der Waals surface area contributed by atoms with Crippen LogP contribution < -0.4 is 0 Å². The molecule has 19 heavy (non-hydrogen) atoms. The number of aliphatic hydroxyl groups is 1. The molecule has 0 saturated carbocycles. The molecule has 0 aliphatic carbocycles. The molecule has 1 saturated heterocycles. The van der Waals surface area contributed by atoms with E-state index >= 15 is 0 Å². The topological polar surface area (TPSA) is 40.5 Å². The minimum atomic E-state index is -0.628. The van der Waals surface area contributed by atoms with Gasteiger partial charge in [-0.2, -0.15) is 0 Å². The zero-order valence-electron chi connectivity index (χ0n) is 11.0. The van der Waals surface area contributed by atoms with Crippen LogP contribution in [0.2, 0.25) is 5.02 Å². The first-order chi connectivity index (χ1) is 8.96. The number of carbonyl (C=O) groups is 1. The van der Waals surface area contributed by atoms with Gasteiger partial charge < -0.3 is 10.0 Å². The molecule has 1 aliphatic rings. The maximum atomic E-state index is 12.0. The Hall–Kier alpha value is -1.32. The van der Waals surface area contributed by atoms with Crippen molar-refractivity contribution < 1.29 is 9.90 Å². The van der Waals surface area contributed by atoms with E-state index in [1.165, 1.54) is 0 Å². The smallest absolute Gasteiger partial charge is 0.246 e. The standard InChI is InChI=1S/C15H18ClNO2/c1-15(19)8-10-17(11-9-15)14(18)7-4-12-2-5-13(16)6-3-12/h2-7,19H,8-11H2,1H3/b7-4+. The minimum Gasteiger partial charge on any atom is -0.390 e. The highest BCUT2D eigenvalue weighted by Crippen LogP contribution is 2.21. The number of hydrogen-bond acceptors (Lipinski definition) is 2. The van der Waals surface area contributed by atoms with Crippen molar-refractivity contribution in [3.8, 4) is 0 Å². The number of likely N-dealkylation sites (tertiary alicyclic amines) is 1. The lowest BCUT2D eigenvalue weighted by atomic mass is 9.94. The molecule has 1 heterocycles. The highest BCUT2D eigenvalue weighted by molar-refractivity contribution is 6.30. The molecule has 0 aromatic heterocycles. The molecule has 102 valence electrons. The van der Waals surface area contributed by atoms with Crippen molar-refractivity contribution in [3.63, 3.8) is 0 Å². The van der Waals surface area contributed by atoms with Gasteiger partial charge in [-0.3, -0.25) is 4.79 Å². The summed E-state index contributed by atoms with van der Waals surface area (Å²) in [5, 5.41) is 10.5. The van der Waals surface area contributed by atoms with Crippen LogP contribution in [0.15, 0.2) is 30.3 Å². The van der Waals surface area contributed by atoms with Crippen LogP contribution in [0.4, 0.5) is 0 Å². The molecular weight excluding hydrogens is 262 g/mol. The fourth-order valence-corrected chi connectivity index (χ4v) is 2.18. The third-order valence-corrected chi connectivity index (χ3v) is 3.69. The first kappa shape index (κ1) is 14.1. The molecule has 1 amide bonds. The van der Waals surface area contributed by atoms with Gasteiger partial charge >= 0.3 is 0 Å². The molecule has 1 aliphatic heterocycles. The van der Waals surface area contributed by atoms with Crippen molar-refractivity contribution in [2.75, 3.05) is 13.1 Å². The predicted molar refractivity (Wildman–Crippen MR) is 76.9 cm³/mol. The van der Waals surface area contributed by atoms with Gasteiger partial charge in [-0.25, -0.2) is 0 Å². The molecule has 4 heteroatoms. The molecule has 0 atom stereocenters. The van der Waals surface area contributed by atoms with E-state index in [0.29, 0.717) is 31.0 Å². The Bertz CT molecular complexity index is 469. The van der Waals surface area contributed by atoms with Gasteiger partial charge in [0.05, 0.1) is 5.60 Å². The molecule has 0 radical (unpaired) electrons. The predicted octanol–water partition coefficient (Wildman–Crippen LogP) is 2.73. The van der Waals surface area contributed by atoms with Gasteiger partial charge in [0.1, 0.15) is 0 Å². The Morgan fingerprint density at radius 2 is 1.89 bits per heavy atom. The van der Waals surface area contributed by atoms with Gasteiger partial charge in [0.2, 0.25) is 5.91 Å². The molecule has 3 nitrogen and oxygen atoms in total. The van der Waals surface area contributed by atoms with E-state index in [9.17, 15) is 9.90 Å². The van der Waals surface area contributed by atoms with E-state index < -0.39 is 5.60 Å². The van der Waals surface area contributed by atoms with Crippen molar-refractivity contribution in [1.82, 2.24) is 4.90 Å². The van der Waals surface area contributed by atoms with Gasteiger partial charge in [-0.05, 0) is 43.5 Å². The zero-order chi connectivity index (χ0) is 13.9. The van der Waals surface area contributed by atoms with Crippen LogP contribution in [0.1, 0.15) is 25.3 Å². The minimum absolute atomic E-state index is 0.00884. The van der Waals surface area contributed by atoms with Crippen molar-refractivity contribution in [2.45, 2.75) is 25.4 Å². The lowest BCUT2D eigenvalue weighted by Crippen LogP contribution is -2.44. The number of hydrogen-bond donors (Lipinski definition) is 1. The third kappa shape index (κ3) is 4.08. The molecular formula is C15H18ClNO2. The number of amides is 1. The van der Waals surface area contributed by atoms with Crippen molar-refractivity contribution in [2.24, 2.45) is 0 Å². The first-order valence-electron chi connectivity index (χ1n) is 6.41. The number of piperidine rings is 1. The second-order valence-corrected chi connectivity index (χ2v) is 5.64. The van der Waals surface area contributed by atoms with Crippen LogP contribution >= 0.6 is 11.6 Å². The Kier molecular flexibility index (Phi) is 4.27. The second kappa shape index (κ2) is 5.76. The number of benzene rings is 1. The van der Waals surface area contributed by atoms with E-state index in [1.807, 2.05) is 19.1 Å². The summed E-state index contributed by atoms with van der Waals surface area (Å²) in [6.45, 7) is 3.03. The van der Waals surface area contributed by atoms with Crippen LogP contribution in [0.5, 0.6) is 0 Å². The van der Waals surface area contributed by atoms with Crippen molar-refractivity contribution >= 4 is 23.6 Å². The second-order valence-electron chi connectivity index (χ2n) is 5.21. The summed E-state index contributed by atoms with van der Waals surface area (Å²) >= 11 is 5.80. The Balaban J connectivity index is 1.92. The third-order valence-electron chi connectivity index (χ3n) is 3.44. The first-order valence-corrected chi connectivity index (χ1v) is 6.79. The number of nitrogens with zero attached hydrogens (tertiary/aromatic N) is 1. The van der Waals surface area contributed by atoms with E-state index in [4.69, 9.17) is 11.6 Å². The number of carbonyl (C=O) groups excluding carboxylic acids is 1. The fourth-order valence-electron chi connectivity index (χ4n) is 2.06. The van der Waals surface area contributed by atoms with Crippen LogP contribution in [0, 0.1) is 0 Å². The highest BCUT2D eigenvalue weighted by Gasteiger charge is 2.28. The van der Waals surface area contributed by atoms with Crippen LogP contribution in [-0.4, -0.2) is 34.6 Å². The fraction of sp³-hybridized carbons (Fsp3) is 0.400. The van der Waals surface area contributed by atoms with Gasteiger partial charge in [0.15, 0.2) is 0 Å². The van der Waals surface area contributed by atoms with Crippen molar-refractivity contribution in [1.29, 1.82) is 0 Å². The van der Waals surface area contributed by atoms with Crippen LogP contribution in [0.25, 0.3) is 6.08 Å². The summed E-state index contributed by atoms with van der Waals surface area (Å²) in [7, 11) is 0. The summed E-state index contributed by atoms with van der Waals surface area (Å²) in [5.74, 6) is -0.00884. The van der Waals surface area contributed by atoms with Gasteiger partial charge in [0.25, 0.3) is 0 Å². The van der Waals surface area contributed by atoms with Crippen LogP contribution in [0.3, 0.4) is 0 Å². The summed E-state index contributed by atoms with van der Waals surface area (Å²) in [6, 6.07) is 7.33. The lowest BCUT2D eigenvalue weighted by molar-refractivity contribution is -0.129. The summed E-state index contributed by atoms with van der Waals surface area (Å²) < 4.78 is 0. The molecule has 1 fully saturated rings. The Labute approximate surface area is 118 Å². The average Bonchev–Trinajstić information content (AvgIpc) is 2.37. The van der Waals surface area contributed by atoms with Gasteiger partial charge in [-0.15, -0.1) is 0 Å². The summed E-state index contributed by atoms with van der Waals surface area (Å²) in [4.78, 5) is 13.7. The number of halogens is 1. The average molecular weight is 280 g/mol. The molecule has 0 bridgehead atoms. The molecule has 2 rings (SSSR count). The quantitative estimate of drug-likeness (QED) is 0.846. The molecule has 0 unspecified atom stereocenters. The Morgan fingerprint density at radius 3 is 2.47 bits per heavy atom. The lowest BCUT2D eigenvalue weighted by Gasteiger charge is -2.35. The normalized spacial score (nSPS) is 18.8. The van der Waals surface area contributed by atoms with Crippen molar-refractivity contribution in [3.05, 3.63) is 40.9 Å². The van der Waals surface area contributed by atoms with Gasteiger partial charge in [0, 0.05) is 24.2 Å². The highest BCUT2D eigenvalue weighted by atomic mass is 35.5. The molecule has 1 aromatic rings. The maximum Gasteiger partial charge on any atom is 0.246 e. The largest absolute Gasteiger partial charge is 0.390 e. The van der Waals surface area contributed by atoms with E-state index in [0.717, 1.165) is 5.56 Å². The van der Waals surface area contributed by atoms with Crippen LogP contribution in [-0.2, 0) is 4.79 Å². The van der Waals surface area contributed by atoms with Gasteiger partial charge in [-0.1, -0.05) is 23.7 Å². The monoisotopic (exact) mass is 279 g/mol. The number of rotatable bonds is 2. The summed E-state index contributed by atoms with van der Waals surface area (Å²) in [6.07, 6.45) is 4.62. The summed E-state index contributed by atoms with van der Waals surface area (Å²) in [5.41, 5.74) is 0.318. The van der Waals surface area contributed by atoms with E-state index in [1.54, 1.807) is 29.2 Å². The molecule has 0 spiro atoms. The molecule has 1 N–H and O–H groups in total. The molecule has 1 aromatic carbocycles. The maximum absolute atomic E-state index is 12.0. The van der Waals surface area contributed by atoms with E-state index in [-0.39, 0.29) is 5.91 Å². The SMILES string of the molecule is CC1(O)CCN(C(=O)/C=C/c2ccc(Cl)cc2)CC1. The van der Waals surface area contributed by atoms with E-state index in [2.05, 4.69) is 0 Å². The Morgan fingerprint density at radius 1 is 1.32 bits per heavy atom.